The Morgan fingerprint density at radius 1 is 1.31 bits per heavy atom. The van der Waals surface area contributed by atoms with Gasteiger partial charge in [-0.25, -0.2) is 9.88 Å². The number of aliphatic hydroxyl groups excluding tert-OH is 1. The fourth-order valence-electron chi connectivity index (χ4n) is 3.13. The number of aromatic amines is 1. The van der Waals surface area contributed by atoms with E-state index in [4.69, 9.17) is 53.5 Å². The highest BCUT2D eigenvalue weighted by atomic mass is 35.5. The molecule has 222 valence electrons. The molecule has 2 rings (SSSR count). The average molecular weight is 651 g/mol. The number of H-pyrrole nitrogens is 1. The number of aromatic nitrogens is 2. The number of carbonyl (C=O) groups is 2. The predicted octanol–water partition coefficient (Wildman–Crippen LogP) is 2.46. The van der Waals surface area contributed by atoms with Crippen LogP contribution < -0.4 is 16.3 Å². The SMILES string of the molecule is CC(C)OC(=O)C(C)NP(=S)(OCCSC(=O)C(C)(C)C)OC[C@H]1O[C@@H](n2ccc(=O)[nH]c2=O)C(Cl)(Cl)[C@@H]1O. The zero-order chi connectivity index (χ0) is 29.8. The Morgan fingerprint density at radius 2 is 1.95 bits per heavy atom. The van der Waals surface area contributed by atoms with Crippen LogP contribution in [0.25, 0.3) is 0 Å². The lowest BCUT2D eigenvalue weighted by Crippen LogP contribution is -2.41. The number of rotatable bonds is 12. The first-order chi connectivity index (χ1) is 17.9. The van der Waals surface area contributed by atoms with Crippen molar-refractivity contribution in [3.8, 4) is 0 Å². The van der Waals surface area contributed by atoms with Crippen molar-refractivity contribution < 1.29 is 33.2 Å². The lowest BCUT2D eigenvalue weighted by atomic mass is 10.00. The molecule has 0 spiro atoms. The molecule has 0 amide bonds. The molecule has 3 N–H and O–H groups in total. The predicted molar refractivity (Wildman–Crippen MR) is 153 cm³/mol. The van der Waals surface area contributed by atoms with Gasteiger partial charge in [0.05, 0.1) is 19.3 Å². The number of nitrogens with one attached hydrogen (secondary N) is 2. The normalized spacial score (nSPS) is 23.4. The van der Waals surface area contributed by atoms with Crippen LogP contribution in [0, 0.1) is 5.41 Å². The summed E-state index contributed by atoms with van der Waals surface area (Å²) >= 11 is 19.4. The molecule has 1 aliphatic rings. The van der Waals surface area contributed by atoms with E-state index in [9.17, 15) is 24.3 Å². The fraction of sp³-hybridized carbons (Fsp3) is 0.727. The van der Waals surface area contributed by atoms with Gasteiger partial charge in [-0.3, -0.25) is 23.9 Å². The minimum Gasteiger partial charge on any atom is -0.462 e. The standard InChI is InChI=1S/C22H34Cl2N3O9PS2/c1-12(2)35-17(30)13(3)26-37(38,33-9-10-39-19(31)21(4,5)6)34-11-14-16(29)22(23,24)18(36-14)27-8-7-15(28)25-20(27)32/h7-8,12-14,16,18,29H,9-11H2,1-6H3,(H,26,38)(H,25,28,32)/t13?,14-,16-,18-,37?/m1/s1. The molecule has 1 aromatic rings. The van der Waals surface area contributed by atoms with Gasteiger partial charge in [-0.1, -0.05) is 55.7 Å². The Morgan fingerprint density at radius 3 is 2.51 bits per heavy atom. The second-order valence-electron chi connectivity index (χ2n) is 10.0. The molecule has 17 heteroatoms. The lowest BCUT2D eigenvalue weighted by molar-refractivity contribution is -0.149. The van der Waals surface area contributed by atoms with Gasteiger partial charge >= 0.3 is 11.7 Å². The molecule has 2 unspecified atom stereocenters. The fourth-order valence-corrected chi connectivity index (χ4v) is 7.00. The second-order valence-corrected chi connectivity index (χ2v) is 15.7. The maximum atomic E-state index is 12.4. The third-order valence-electron chi connectivity index (χ3n) is 5.14. The summed E-state index contributed by atoms with van der Waals surface area (Å²) in [5.41, 5.74) is -2.02. The molecule has 1 aliphatic heterocycles. The van der Waals surface area contributed by atoms with E-state index in [1.54, 1.807) is 34.6 Å². The summed E-state index contributed by atoms with van der Waals surface area (Å²) < 4.78 is 21.6. The Kier molecular flexibility index (Phi) is 12.3. The first-order valence-electron chi connectivity index (χ1n) is 11.9. The van der Waals surface area contributed by atoms with Crippen LogP contribution in [-0.4, -0.2) is 73.4 Å². The maximum absolute atomic E-state index is 12.4. The summed E-state index contributed by atoms with van der Waals surface area (Å²) in [4.78, 5) is 50.3. The second kappa shape index (κ2) is 13.9. The molecular weight excluding hydrogens is 616 g/mol. The molecule has 0 saturated carbocycles. The number of aliphatic hydroxyl groups is 1. The Bertz CT molecular complexity index is 1190. The summed E-state index contributed by atoms with van der Waals surface area (Å²) in [7, 11) is 0. The quantitative estimate of drug-likeness (QED) is 0.132. The lowest BCUT2D eigenvalue weighted by Gasteiger charge is -2.28. The molecule has 0 aromatic carbocycles. The highest BCUT2D eigenvalue weighted by Gasteiger charge is 2.56. The first kappa shape index (κ1) is 34.4. The minimum atomic E-state index is -3.44. The Labute approximate surface area is 245 Å². The molecule has 0 radical (unpaired) electrons. The van der Waals surface area contributed by atoms with Gasteiger partial charge in [-0.05, 0) is 32.6 Å². The first-order valence-corrected chi connectivity index (χ1v) is 16.3. The van der Waals surface area contributed by atoms with Crippen molar-refractivity contribution in [1.29, 1.82) is 0 Å². The zero-order valence-electron chi connectivity index (χ0n) is 22.3. The van der Waals surface area contributed by atoms with E-state index in [-0.39, 0.29) is 30.2 Å². The minimum absolute atomic E-state index is 0.0150. The summed E-state index contributed by atoms with van der Waals surface area (Å²) in [6.45, 7) is 6.52. The number of carbonyl (C=O) groups excluding carboxylic acids is 2. The van der Waals surface area contributed by atoms with Crippen LogP contribution in [0.1, 0.15) is 47.8 Å². The maximum Gasteiger partial charge on any atom is 0.330 e. The molecule has 1 fully saturated rings. The van der Waals surface area contributed by atoms with Gasteiger partial charge in [0, 0.05) is 23.4 Å². The van der Waals surface area contributed by atoms with Gasteiger partial charge < -0.3 is 23.6 Å². The van der Waals surface area contributed by atoms with E-state index in [2.05, 4.69) is 10.1 Å². The van der Waals surface area contributed by atoms with Crippen LogP contribution in [0.3, 0.4) is 0 Å². The molecule has 1 saturated heterocycles. The molecular formula is C22H34Cl2N3O9PS2. The molecule has 0 bridgehead atoms. The summed E-state index contributed by atoms with van der Waals surface area (Å²) in [6.07, 6.45) is -3.32. The number of esters is 1. The van der Waals surface area contributed by atoms with Crippen molar-refractivity contribution in [2.45, 2.75) is 76.5 Å². The molecule has 5 atom stereocenters. The van der Waals surface area contributed by atoms with E-state index in [1.807, 2.05) is 0 Å². The number of hydrogen-bond donors (Lipinski definition) is 3. The van der Waals surface area contributed by atoms with Crippen LogP contribution in [0.4, 0.5) is 0 Å². The van der Waals surface area contributed by atoms with Crippen molar-refractivity contribution in [2.24, 2.45) is 5.41 Å². The van der Waals surface area contributed by atoms with Crippen LogP contribution in [0.2, 0.25) is 0 Å². The smallest absolute Gasteiger partial charge is 0.330 e. The van der Waals surface area contributed by atoms with Gasteiger partial charge in [0.15, 0.2) is 15.7 Å². The third kappa shape index (κ3) is 9.63. The van der Waals surface area contributed by atoms with Crippen LogP contribution in [0.5, 0.6) is 0 Å². The zero-order valence-corrected chi connectivity index (χ0v) is 26.4. The Balaban J connectivity index is 2.16. The highest BCUT2D eigenvalue weighted by molar-refractivity contribution is 8.13. The largest absolute Gasteiger partial charge is 0.462 e. The number of halogens is 2. The number of alkyl halides is 2. The van der Waals surface area contributed by atoms with Gasteiger partial charge in [0.25, 0.3) is 12.2 Å². The number of nitrogens with zero attached hydrogens (tertiary/aromatic N) is 1. The van der Waals surface area contributed by atoms with E-state index in [1.165, 1.54) is 6.92 Å². The van der Waals surface area contributed by atoms with Crippen molar-refractivity contribution >= 4 is 64.5 Å². The van der Waals surface area contributed by atoms with Crippen LogP contribution in [0.15, 0.2) is 21.9 Å². The number of hydrogen-bond acceptors (Lipinski definition) is 11. The summed E-state index contributed by atoms with van der Waals surface area (Å²) in [5.74, 6) is -0.310. The molecule has 0 aliphatic carbocycles. The van der Waals surface area contributed by atoms with Crippen molar-refractivity contribution in [3.63, 3.8) is 0 Å². The number of thioether (sulfide) groups is 1. The summed E-state index contributed by atoms with van der Waals surface area (Å²) in [5, 5.41) is 13.6. The summed E-state index contributed by atoms with van der Waals surface area (Å²) in [6, 6.07) is 0.159. The number of ether oxygens (including phenoxy) is 2. The van der Waals surface area contributed by atoms with E-state index < -0.39 is 58.1 Å². The van der Waals surface area contributed by atoms with Crippen molar-refractivity contribution in [1.82, 2.24) is 14.6 Å². The molecule has 2 heterocycles. The van der Waals surface area contributed by atoms with Gasteiger partial charge in [0.1, 0.15) is 18.2 Å². The molecule has 39 heavy (non-hydrogen) atoms. The van der Waals surface area contributed by atoms with Crippen LogP contribution >= 0.6 is 41.6 Å². The van der Waals surface area contributed by atoms with E-state index in [0.29, 0.717) is 0 Å². The van der Waals surface area contributed by atoms with Gasteiger partial charge in [-0.15, -0.1) is 0 Å². The van der Waals surface area contributed by atoms with Crippen molar-refractivity contribution in [3.05, 3.63) is 33.1 Å². The average Bonchev–Trinajstić information content (AvgIpc) is 3.03. The van der Waals surface area contributed by atoms with E-state index in [0.717, 1.165) is 28.6 Å². The van der Waals surface area contributed by atoms with E-state index >= 15 is 0 Å². The van der Waals surface area contributed by atoms with Crippen LogP contribution in [-0.2, 0) is 39.9 Å². The third-order valence-corrected chi connectivity index (χ3v) is 9.87. The molecule has 1 aromatic heterocycles. The molecule has 12 nitrogen and oxygen atoms in total. The van der Waals surface area contributed by atoms with Gasteiger partial charge in [-0.2, -0.15) is 0 Å². The van der Waals surface area contributed by atoms with Crippen molar-refractivity contribution in [2.75, 3.05) is 19.0 Å². The highest BCUT2D eigenvalue weighted by Crippen LogP contribution is 2.49. The Hall–Kier alpha value is -0.800. The van der Waals surface area contributed by atoms with Gasteiger partial charge in [0.2, 0.25) is 0 Å². The monoisotopic (exact) mass is 649 g/mol. The topological polar surface area (TPSA) is 158 Å².